The third kappa shape index (κ3) is 6.59. The van der Waals surface area contributed by atoms with Gasteiger partial charge in [0.05, 0.1) is 5.75 Å². The van der Waals surface area contributed by atoms with Crippen LogP contribution in [0.2, 0.25) is 0 Å². The zero-order valence-electron chi connectivity index (χ0n) is 11.2. The first kappa shape index (κ1) is 17.1. The minimum Gasteiger partial charge on any atom is -0.299 e. The van der Waals surface area contributed by atoms with Gasteiger partial charge in [-0.25, -0.2) is 0 Å². The summed E-state index contributed by atoms with van der Waals surface area (Å²) >= 11 is 10.1. The van der Waals surface area contributed by atoms with Gasteiger partial charge in [0.1, 0.15) is 5.78 Å². The maximum atomic E-state index is 11.9. The lowest BCUT2D eigenvalue weighted by Crippen LogP contribution is -2.02. The van der Waals surface area contributed by atoms with Crippen molar-refractivity contribution in [2.24, 2.45) is 0 Å². The average Bonchev–Trinajstić information content (AvgIpc) is 2.49. The molecule has 2 aromatic carbocycles. The zero-order chi connectivity index (χ0) is 15.1. The number of benzene rings is 2. The highest BCUT2D eigenvalue weighted by Crippen LogP contribution is 2.23. The third-order valence-corrected chi connectivity index (χ3v) is 5.82. The summed E-state index contributed by atoms with van der Waals surface area (Å²) in [7, 11) is 0. The lowest BCUT2D eigenvalue weighted by molar-refractivity contribution is -0.116. The van der Waals surface area contributed by atoms with Crippen LogP contribution in [0.4, 0.5) is 0 Å². The first-order valence-corrected chi connectivity index (χ1v) is 9.97. The molecule has 21 heavy (non-hydrogen) atoms. The molecule has 0 N–H and O–H groups in total. The van der Waals surface area contributed by atoms with E-state index in [4.69, 9.17) is 0 Å². The Morgan fingerprint density at radius 3 is 1.81 bits per heavy atom. The van der Waals surface area contributed by atoms with Crippen LogP contribution >= 0.6 is 55.4 Å². The van der Waals surface area contributed by atoms with Gasteiger partial charge in [-0.2, -0.15) is 0 Å². The molecular formula is C16H14Br2OS2. The number of Topliss-reactive ketones (excluding diaryl/α,β-unsaturated/α-hetero) is 1. The van der Waals surface area contributed by atoms with Gasteiger partial charge in [0.2, 0.25) is 0 Å². The summed E-state index contributed by atoms with van der Waals surface area (Å²) in [5.41, 5.74) is 0. The van der Waals surface area contributed by atoms with Gasteiger partial charge in [-0.05, 0) is 48.5 Å². The van der Waals surface area contributed by atoms with E-state index in [-0.39, 0.29) is 0 Å². The molecule has 0 aliphatic heterocycles. The van der Waals surface area contributed by atoms with Gasteiger partial charge < -0.3 is 0 Å². The molecule has 0 radical (unpaired) electrons. The SMILES string of the molecule is O=C(CCSc1ccc(Br)cc1)CSc1ccc(Br)cc1. The van der Waals surface area contributed by atoms with Crippen LogP contribution in [0.3, 0.4) is 0 Å². The number of hydrogen-bond donors (Lipinski definition) is 0. The second kappa shape index (κ2) is 9.03. The van der Waals surface area contributed by atoms with Gasteiger partial charge in [-0.15, -0.1) is 23.5 Å². The maximum absolute atomic E-state index is 11.9. The minimum absolute atomic E-state index is 0.299. The minimum atomic E-state index is 0.299. The molecule has 5 heteroatoms. The highest BCUT2D eigenvalue weighted by molar-refractivity contribution is 9.10. The van der Waals surface area contributed by atoms with Crippen molar-refractivity contribution in [2.45, 2.75) is 16.2 Å². The Kier molecular flexibility index (Phi) is 7.37. The van der Waals surface area contributed by atoms with Gasteiger partial charge in [0.15, 0.2) is 0 Å². The van der Waals surface area contributed by atoms with Crippen LogP contribution in [0.15, 0.2) is 67.3 Å². The van der Waals surface area contributed by atoms with Crippen molar-refractivity contribution in [3.63, 3.8) is 0 Å². The Hall–Kier alpha value is -0.230. The fraction of sp³-hybridized carbons (Fsp3) is 0.188. The highest BCUT2D eigenvalue weighted by atomic mass is 79.9. The molecule has 0 spiro atoms. The predicted molar refractivity (Wildman–Crippen MR) is 99.4 cm³/mol. The fourth-order valence-electron chi connectivity index (χ4n) is 1.58. The summed E-state index contributed by atoms with van der Waals surface area (Å²) in [6.45, 7) is 0. The second-order valence-electron chi connectivity index (χ2n) is 4.33. The molecule has 0 bridgehead atoms. The molecule has 0 unspecified atom stereocenters. The Balaban J connectivity index is 1.67. The molecule has 0 atom stereocenters. The fourth-order valence-corrected chi connectivity index (χ4v) is 3.80. The van der Waals surface area contributed by atoms with E-state index in [0.717, 1.165) is 19.6 Å². The van der Waals surface area contributed by atoms with E-state index in [1.54, 1.807) is 23.5 Å². The number of halogens is 2. The summed E-state index contributed by atoms with van der Waals surface area (Å²) in [6, 6.07) is 16.2. The first-order chi connectivity index (χ1) is 10.1. The van der Waals surface area contributed by atoms with Gasteiger partial charge in [0, 0.05) is 30.9 Å². The molecule has 0 heterocycles. The molecule has 0 amide bonds. The smallest absolute Gasteiger partial charge is 0.143 e. The molecular weight excluding hydrogens is 432 g/mol. The molecule has 0 saturated heterocycles. The van der Waals surface area contributed by atoms with Crippen LogP contribution in [0.5, 0.6) is 0 Å². The van der Waals surface area contributed by atoms with E-state index < -0.39 is 0 Å². The van der Waals surface area contributed by atoms with Gasteiger partial charge in [-0.1, -0.05) is 31.9 Å². The van der Waals surface area contributed by atoms with Crippen LogP contribution in [0.25, 0.3) is 0 Å². The number of carbonyl (C=O) groups excluding carboxylic acids is 1. The summed E-state index contributed by atoms with van der Waals surface area (Å²) in [4.78, 5) is 14.2. The topological polar surface area (TPSA) is 17.1 Å². The van der Waals surface area contributed by atoms with Crippen molar-refractivity contribution in [2.75, 3.05) is 11.5 Å². The maximum Gasteiger partial charge on any atom is 0.143 e. The normalized spacial score (nSPS) is 10.6. The van der Waals surface area contributed by atoms with E-state index in [0.29, 0.717) is 18.0 Å². The van der Waals surface area contributed by atoms with Crippen molar-refractivity contribution in [1.29, 1.82) is 0 Å². The Bertz CT molecular complexity index is 582. The van der Waals surface area contributed by atoms with Crippen LogP contribution in [0.1, 0.15) is 6.42 Å². The van der Waals surface area contributed by atoms with Gasteiger partial charge in [0.25, 0.3) is 0 Å². The zero-order valence-corrected chi connectivity index (χ0v) is 16.0. The predicted octanol–water partition coefficient (Wildman–Crippen LogP) is 6.06. The second-order valence-corrected chi connectivity index (χ2v) is 8.38. The number of carbonyl (C=O) groups is 1. The Labute approximate surface area is 150 Å². The quantitative estimate of drug-likeness (QED) is 0.482. The average molecular weight is 446 g/mol. The van der Waals surface area contributed by atoms with Crippen molar-refractivity contribution in [1.82, 2.24) is 0 Å². The molecule has 110 valence electrons. The summed E-state index contributed by atoms with van der Waals surface area (Å²) in [5.74, 6) is 1.68. The van der Waals surface area contributed by atoms with E-state index in [2.05, 4.69) is 44.0 Å². The molecule has 2 aromatic rings. The van der Waals surface area contributed by atoms with Crippen LogP contribution in [-0.2, 0) is 4.79 Å². The summed E-state index contributed by atoms with van der Waals surface area (Å²) in [6.07, 6.45) is 0.615. The molecule has 0 aliphatic rings. The third-order valence-electron chi connectivity index (χ3n) is 2.68. The van der Waals surface area contributed by atoms with E-state index in [1.165, 1.54) is 4.90 Å². The lowest BCUT2D eigenvalue weighted by Gasteiger charge is -2.03. The highest BCUT2D eigenvalue weighted by Gasteiger charge is 2.04. The molecule has 2 rings (SSSR count). The van der Waals surface area contributed by atoms with Crippen LogP contribution < -0.4 is 0 Å². The largest absolute Gasteiger partial charge is 0.299 e. The van der Waals surface area contributed by atoms with E-state index in [9.17, 15) is 4.79 Å². The van der Waals surface area contributed by atoms with Crippen molar-refractivity contribution in [3.05, 3.63) is 57.5 Å². The number of rotatable bonds is 7. The Morgan fingerprint density at radius 1 is 0.810 bits per heavy atom. The van der Waals surface area contributed by atoms with Gasteiger partial charge in [-0.3, -0.25) is 4.79 Å². The molecule has 0 aliphatic carbocycles. The van der Waals surface area contributed by atoms with Crippen molar-refractivity contribution in [3.8, 4) is 0 Å². The van der Waals surface area contributed by atoms with E-state index >= 15 is 0 Å². The standard InChI is InChI=1S/C16H14Br2OS2/c17-12-1-5-15(6-2-12)20-10-9-14(19)11-21-16-7-3-13(18)4-8-16/h1-8H,9-11H2. The van der Waals surface area contributed by atoms with Crippen LogP contribution in [0, 0.1) is 0 Å². The molecule has 0 fully saturated rings. The van der Waals surface area contributed by atoms with Gasteiger partial charge >= 0.3 is 0 Å². The Morgan fingerprint density at radius 2 is 1.29 bits per heavy atom. The monoisotopic (exact) mass is 444 g/mol. The lowest BCUT2D eigenvalue weighted by atomic mass is 10.3. The number of ketones is 1. The number of hydrogen-bond acceptors (Lipinski definition) is 3. The van der Waals surface area contributed by atoms with Crippen molar-refractivity contribution >= 4 is 61.2 Å². The summed E-state index contributed by atoms with van der Waals surface area (Å²) in [5, 5.41) is 0. The first-order valence-electron chi connectivity index (χ1n) is 6.42. The summed E-state index contributed by atoms with van der Waals surface area (Å²) < 4.78 is 2.14. The van der Waals surface area contributed by atoms with E-state index in [1.807, 2.05) is 36.4 Å². The molecule has 1 nitrogen and oxygen atoms in total. The van der Waals surface area contributed by atoms with Crippen molar-refractivity contribution < 1.29 is 4.79 Å². The molecule has 0 aromatic heterocycles. The number of thioether (sulfide) groups is 2. The van der Waals surface area contributed by atoms with Crippen LogP contribution in [-0.4, -0.2) is 17.3 Å². The molecule has 0 saturated carbocycles.